The van der Waals surface area contributed by atoms with E-state index in [1.807, 2.05) is 0 Å². The SMILES string of the molecule is CCNS(=O)(=O)c1ccc(N)c(N2CCCCC2)c1. The number of nitrogens with zero attached hydrogens (tertiary/aromatic N) is 1. The van der Waals surface area contributed by atoms with Crippen molar-refractivity contribution >= 4 is 21.4 Å². The molecule has 5 nitrogen and oxygen atoms in total. The quantitative estimate of drug-likeness (QED) is 0.822. The van der Waals surface area contributed by atoms with E-state index < -0.39 is 10.0 Å². The lowest BCUT2D eigenvalue weighted by Crippen LogP contribution is -2.30. The number of piperidine rings is 1. The van der Waals surface area contributed by atoms with Gasteiger partial charge in [-0.05, 0) is 37.5 Å². The second kappa shape index (κ2) is 5.79. The summed E-state index contributed by atoms with van der Waals surface area (Å²) < 4.78 is 26.5. The van der Waals surface area contributed by atoms with Crippen LogP contribution in [0.25, 0.3) is 0 Å². The Kier molecular flexibility index (Phi) is 4.31. The highest BCUT2D eigenvalue weighted by Crippen LogP contribution is 2.28. The van der Waals surface area contributed by atoms with Gasteiger partial charge in [-0.25, -0.2) is 13.1 Å². The lowest BCUT2D eigenvalue weighted by Gasteiger charge is -2.30. The fourth-order valence-corrected chi connectivity index (χ4v) is 3.43. The molecule has 0 saturated carbocycles. The van der Waals surface area contributed by atoms with Gasteiger partial charge < -0.3 is 10.6 Å². The summed E-state index contributed by atoms with van der Waals surface area (Å²) in [4.78, 5) is 2.45. The molecule has 1 aromatic rings. The molecule has 1 saturated heterocycles. The third-order valence-electron chi connectivity index (χ3n) is 3.34. The Morgan fingerprint density at radius 3 is 2.58 bits per heavy atom. The molecule has 1 aliphatic rings. The van der Waals surface area contributed by atoms with Crippen LogP contribution < -0.4 is 15.4 Å². The van der Waals surface area contributed by atoms with Crippen LogP contribution in [0.4, 0.5) is 11.4 Å². The average Bonchev–Trinajstić information content (AvgIpc) is 2.40. The van der Waals surface area contributed by atoms with Gasteiger partial charge in [-0.2, -0.15) is 0 Å². The number of nitrogen functional groups attached to an aromatic ring is 1. The molecule has 0 unspecified atom stereocenters. The van der Waals surface area contributed by atoms with Crippen LogP contribution in [0, 0.1) is 0 Å². The van der Waals surface area contributed by atoms with E-state index in [1.165, 1.54) is 6.42 Å². The van der Waals surface area contributed by atoms with Crippen LogP contribution in [-0.2, 0) is 10.0 Å². The molecule has 0 aromatic heterocycles. The Bertz CT molecular complexity index is 537. The van der Waals surface area contributed by atoms with Crippen molar-refractivity contribution in [2.75, 3.05) is 30.3 Å². The summed E-state index contributed by atoms with van der Waals surface area (Å²) in [5, 5.41) is 0. The van der Waals surface area contributed by atoms with Gasteiger partial charge in [0.25, 0.3) is 0 Å². The minimum absolute atomic E-state index is 0.282. The summed E-state index contributed by atoms with van der Waals surface area (Å²) in [7, 11) is -3.42. The van der Waals surface area contributed by atoms with Gasteiger partial charge in [-0.3, -0.25) is 0 Å². The van der Waals surface area contributed by atoms with Gasteiger partial charge in [0.2, 0.25) is 10.0 Å². The molecule has 2 rings (SSSR count). The number of benzene rings is 1. The number of sulfonamides is 1. The zero-order valence-electron chi connectivity index (χ0n) is 11.2. The monoisotopic (exact) mass is 283 g/mol. The van der Waals surface area contributed by atoms with Crippen molar-refractivity contribution in [2.24, 2.45) is 0 Å². The number of anilines is 2. The third-order valence-corrected chi connectivity index (χ3v) is 4.89. The molecule has 6 heteroatoms. The molecule has 0 aliphatic carbocycles. The predicted molar refractivity (Wildman–Crippen MR) is 77.8 cm³/mol. The van der Waals surface area contributed by atoms with Gasteiger partial charge in [-0.1, -0.05) is 6.92 Å². The molecule has 1 aliphatic heterocycles. The zero-order valence-corrected chi connectivity index (χ0v) is 12.0. The molecule has 0 atom stereocenters. The molecule has 0 spiro atoms. The van der Waals surface area contributed by atoms with E-state index >= 15 is 0 Å². The van der Waals surface area contributed by atoms with Crippen LogP contribution in [-0.4, -0.2) is 28.1 Å². The number of rotatable bonds is 4. The van der Waals surface area contributed by atoms with Crippen LogP contribution in [0.15, 0.2) is 23.1 Å². The second-order valence-corrected chi connectivity index (χ2v) is 6.54. The molecule has 0 amide bonds. The van der Waals surface area contributed by atoms with Crippen molar-refractivity contribution in [1.29, 1.82) is 0 Å². The molecular weight excluding hydrogens is 262 g/mol. The zero-order chi connectivity index (χ0) is 13.9. The van der Waals surface area contributed by atoms with Crippen molar-refractivity contribution in [3.8, 4) is 0 Å². The Hall–Kier alpha value is -1.27. The molecule has 106 valence electrons. The van der Waals surface area contributed by atoms with E-state index in [0.29, 0.717) is 12.2 Å². The summed E-state index contributed by atoms with van der Waals surface area (Å²) in [5.41, 5.74) is 7.45. The van der Waals surface area contributed by atoms with Crippen molar-refractivity contribution in [2.45, 2.75) is 31.1 Å². The van der Waals surface area contributed by atoms with E-state index in [1.54, 1.807) is 25.1 Å². The van der Waals surface area contributed by atoms with E-state index in [2.05, 4.69) is 9.62 Å². The first-order chi connectivity index (χ1) is 9.04. The highest BCUT2D eigenvalue weighted by atomic mass is 32.2. The van der Waals surface area contributed by atoms with Crippen LogP contribution >= 0.6 is 0 Å². The minimum Gasteiger partial charge on any atom is -0.397 e. The molecule has 1 fully saturated rings. The summed E-state index contributed by atoms with van der Waals surface area (Å²) in [6.07, 6.45) is 3.49. The van der Waals surface area contributed by atoms with Gasteiger partial charge in [0.05, 0.1) is 16.3 Å². The molecule has 0 radical (unpaired) electrons. The van der Waals surface area contributed by atoms with Gasteiger partial charge in [0.15, 0.2) is 0 Å². The van der Waals surface area contributed by atoms with Gasteiger partial charge in [0, 0.05) is 19.6 Å². The maximum Gasteiger partial charge on any atom is 0.240 e. The minimum atomic E-state index is -3.42. The Balaban J connectivity index is 2.34. The summed E-state index contributed by atoms with van der Waals surface area (Å²) in [5.74, 6) is 0. The van der Waals surface area contributed by atoms with Crippen molar-refractivity contribution < 1.29 is 8.42 Å². The van der Waals surface area contributed by atoms with E-state index in [4.69, 9.17) is 5.73 Å². The highest BCUT2D eigenvalue weighted by Gasteiger charge is 2.18. The topological polar surface area (TPSA) is 75.4 Å². The standard InChI is InChI=1S/C13H21N3O2S/c1-2-15-19(17,18)11-6-7-12(14)13(10-11)16-8-4-3-5-9-16/h6-7,10,15H,2-5,8-9,14H2,1H3. The molecule has 1 heterocycles. The Morgan fingerprint density at radius 1 is 1.26 bits per heavy atom. The Labute approximate surface area is 114 Å². The summed E-state index contributed by atoms with van der Waals surface area (Å²) in [6, 6.07) is 4.91. The molecule has 0 bridgehead atoms. The molecule has 19 heavy (non-hydrogen) atoms. The van der Waals surface area contributed by atoms with E-state index in [0.717, 1.165) is 31.6 Å². The molecular formula is C13H21N3O2S. The number of nitrogens with one attached hydrogen (secondary N) is 1. The predicted octanol–water partition coefficient (Wildman–Crippen LogP) is 1.56. The summed E-state index contributed by atoms with van der Waals surface area (Å²) >= 11 is 0. The second-order valence-electron chi connectivity index (χ2n) is 4.77. The number of hydrogen-bond donors (Lipinski definition) is 2. The van der Waals surface area contributed by atoms with Gasteiger partial charge in [-0.15, -0.1) is 0 Å². The maximum absolute atomic E-state index is 12.0. The van der Waals surface area contributed by atoms with E-state index in [-0.39, 0.29) is 4.90 Å². The number of nitrogens with two attached hydrogens (primary N) is 1. The van der Waals surface area contributed by atoms with E-state index in [9.17, 15) is 8.42 Å². The fraction of sp³-hybridized carbons (Fsp3) is 0.538. The van der Waals surface area contributed by atoms with Crippen LogP contribution in [0.1, 0.15) is 26.2 Å². The third kappa shape index (κ3) is 3.19. The van der Waals surface area contributed by atoms with Gasteiger partial charge >= 0.3 is 0 Å². The maximum atomic E-state index is 12.0. The first-order valence-corrected chi connectivity index (χ1v) is 8.17. The molecule has 3 N–H and O–H groups in total. The first kappa shape index (κ1) is 14.1. The first-order valence-electron chi connectivity index (χ1n) is 6.69. The van der Waals surface area contributed by atoms with Crippen LogP contribution in [0.2, 0.25) is 0 Å². The lowest BCUT2D eigenvalue weighted by molar-refractivity contribution is 0.576. The van der Waals surface area contributed by atoms with Crippen LogP contribution in [0.5, 0.6) is 0 Å². The highest BCUT2D eigenvalue weighted by molar-refractivity contribution is 7.89. The lowest BCUT2D eigenvalue weighted by atomic mass is 10.1. The normalized spacial score (nSPS) is 16.6. The van der Waals surface area contributed by atoms with Crippen molar-refractivity contribution in [1.82, 2.24) is 4.72 Å². The number of hydrogen-bond acceptors (Lipinski definition) is 4. The Morgan fingerprint density at radius 2 is 1.95 bits per heavy atom. The summed E-state index contributed by atoms with van der Waals surface area (Å²) in [6.45, 7) is 4.02. The van der Waals surface area contributed by atoms with Crippen molar-refractivity contribution in [3.63, 3.8) is 0 Å². The average molecular weight is 283 g/mol. The van der Waals surface area contributed by atoms with Crippen molar-refractivity contribution in [3.05, 3.63) is 18.2 Å². The van der Waals surface area contributed by atoms with Gasteiger partial charge in [0.1, 0.15) is 0 Å². The largest absolute Gasteiger partial charge is 0.397 e. The fourth-order valence-electron chi connectivity index (χ4n) is 2.37. The smallest absolute Gasteiger partial charge is 0.240 e. The van der Waals surface area contributed by atoms with Crippen LogP contribution in [0.3, 0.4) is 0 Å². The molecule has 1 aromatic carbocycles.